The second-order valence-corrected chi connectivity index (χ2v) is 8.96. The van der Waals surface area contributed by atoms with Gasteiger partial charge < -0.3 is 20.4 Å². The summed E-state index contributed by atoms with van der Waals surface area (Å²) in [5.74, 6) is -0.470. The van der Waals surface area contributed by atoms with Gasteiger partial charge in [0.25, 0.3) is 0 Å². The standard InChI is InChI=1S/C24H36N4O3/c1-4-9-20(26-24(31)22(17(2)3)28-15-8-12-21(28)29)23(30)25-18-10-7-11-19(16-18)27-13-5-6-14-27/h7,10-11,16-17,20,22H,4-6,8-9,12-15H2,1-3H3,(H,25,30)(H,26,31). The number of likely N-dealkylation sites (tertiary alicyclic amines) is 1. The van der Waals surface area contributed by atoms with Gasteiger partial charge in [0.05, 0.1) is 0 Å². The lowest BCUT2D eigenvalue weighted by molar-refractivity contribution is -0.140. The fourth-order valence-corrected chi connectivity index (χ4v) is 4.57. The highest BCUT2D eigenvalue weighted by molar-refractivity contribution is 5.98. The number of rotatable bonds is 9. The zero-order valence-corrected chi connectivity index (χ0v) is 19.0. The molecule has 0 spiro atoms. The average molecular weight is 429 g/mol. The van der Waals surface area contributed by atoms with E-state index in [1.165, 1.54) is 12.8 Å². The fourth-order valence-electron chi connectivity index (χ4n) is 4.57. The van der Waals surface area contributed by atoms with Crippen molar-refractivity contribution < 1.29 is 14.4 Å². The van der Waals surface area contributed by atoms with Crippen LogP contribution in [0.1, 0.15) is 59.3 Å². The Balaban J connectivity index is 1.67. The number of amides is 3. The molecule has 0 aliphatic carbocycles. The van der Waals surface area contributed by atoms with Gasteiger partial charge in [-0.25, -0.2) is 0 Å². The van der Waals surface area contributed by atoms with E-state index >= 15 is 0 Å². The first-order valence-corrected chi connectivity index (χ1v) is 11.7. The van der Waals surface area contributed by atoms with Crippen LogP contribution >= 0.6 is 0 Å². The van der Waals surface area contributed by atoms with E-state index in [9.17, 15) is 14.4 Å². The Bertz CT molecular complexity index is 789. The van der Waals surface area contributed by atoms with E-state index in [4.69, 9.17) is 0 Å². The first-order valence-electron chi connectivity index (χ1n) is 11.7. The van der Waals surface area contributed by atoms with Crippen LogP contribution in [0.4, 0.5) is 11.4 Å². The van der Waals surface area contributed by atoms with E-state index in [1.807, 2.05) is 39.0 Å². The molecule has 7 nitrogen and oxygen atoms in total. The third kappa shape index (κ3) is 5.77. The van der Waals surface area contributed by atoms with Gasteiger partial charge in [-0.3, -0.25) is 14.4 Å². The second-order valence-electron chi connectivity index (χ2n) is 8.96. The van der Waals surface area contributed by atoms with Gasteiger partial charge in [0.15, 0.2) is 0 Å². The Hall–Kier alpha value is -2.57. The third-order valence-corrected chi connectivity index (χ3v) is 6.14. The van der Waals surface area contributed by atoms with Crippen LogP contribution in [0.2, 0.25) is 0 Å². The molecule has 2 heterocycles. The van der Waals surface area contributed by atoms with Crippen molar-refractivity contribution in [3.63, 3.8) is 0 Å². The number of anilines is 2. The number of benzene rings is 1. The van der Waals surface area contributed by atoms with Gasteiger partial charge in [0, 0.05) is 37.4 Å². The summed E-state index contributed by atoms with van der Waals surface area (Å²) in [5, 5.41) is 5.91. The van der Waals surface area contributed by atoms with Gasteiger partial charge >= 0.3 is 0 Å². The molecule has 31 heavy (non-hydrogen) atoms. The predicted octanol–water partition coefficient (Wildman–Crippen LogP) is 3.16. The normalized spacial score (nSPS) is 18.4. The summed E-state index contributed by atoms with van der Waals surface area (Å²) in [6.45, 7) is 8.55. The van der Waals surface area contributed by atoms with Crippen molar-refractivity contribution in [2.45, 2.75) is 71.4 Å². The Labute approximate surface area is 185 Å². The first kappa shape index (κ1) is 23.1. The average Bonchev–Trinajstić information content (AvgIpc) is 3.40. The van der Waals surface area contributed by atoms with Crippen LogP contribution in [-0.2, 0) is 14.4 Å². The molecule has 2 N–H and O–H groups in total. The first-order chi connectivity index (χ1) is 14.9. The van der Waals surface area contributed by atoms with E-state index in [-0.39, 0.29) is 23.6 Å². The van der Waals surface area contributed by atoms with Crippen molar-refractivity contribution in [3.8, 4) is 0 Å². The van der Waals surface area contributed by atoms with Crippen molar-refractivity contribution in [1.29, 1.82) is 0 Å². The maximum Gasteiger partial charge on any atom is 0.246 e. The largest absolute Gasteiger partial charge is 0.371 e. The lowest BCUT2D eigenvalue weighted by Crippen LogP contribution is -2.54. The molecule has 0 bridgehead atoms. The monoisotopic (exact) mass is 428 g/mol. The molecule has 2 fully saturated rings. The predicted molar refractivity (Wildman–Crippen MR) is 123 cm³/mol. The molecule has 1 aromatic rings. The van der Waals surface area contributed by atoms with Crippen LogP contribution in [0, 0.1) is 5.92 Å². The van der Waals surface area contributed by atoms with Gasteiger partial charge in [-0.2, -0.15) is 0 Å². The molecule has 0 aromatic heterocycles. The number of nitrogens with zero attached hydrogens (tertiary/aromatic N) is 2. The highest BCUT2D eigenvalue weighted by atomic mass is 16.2. The van der Waals surface area contributed by atoms with Crippen molar-refractivity contribution >= 4 is 29.1 Å². The Morgan fingerprint density at radius 3 is 2.42 bits per heavy atom. The summed E-state index contributed by atoms with van der Waals surface area (Å²) in [6.07, 6.45) is 4.96. The molecule has 2 saturated heterocycles. The quantitative estimate of drug-likeness (QED) is 0.633. The fraction of sp³-hybridized carbons (Fsp3) is 0.625. The van der Waals surface area contributed by atoms with Gasteiger partial charge in [-0.15, -0.1) is 0 Å². The minimum absolute atomic E-state index is 0.0177. The van der Waals surface area contributed by atoms with E-state index in [0.29, 0.717) is 19.4 Å². The van der Waals surface area contributed by atoms with Crippen molar-refractivity contribution in [1.82, 2.24) is 10.2 Å². The van der Waals surface area contributed by atoms with Gasteiger partial charge in [0.1, 0.15) is 12.1 Å². The van der Waals surface area contributed by atoms with Crippen LogP contribution in [0.25, 0.3) is 0 Å². The number of nitrogens with one attached hydrogen (secondary N) is 2. The molecule has 2 atom stereocenters. The molecular weight excluding hydrogens is 392 g/mol. The van der Waals surface area contributed by atoms with Crippen LogP contribution in [0.5, 0.6) is 0 Å². The van der Waals surface area contributed by atoms with E-state index in [0.717, 1.165) is 37.3 Å². The zero-order valence-electron chi connectivity index (χ0n) is 19.0. The molecule has 3 amide bonds. The molecule has 2 aliphatic rings. The van der Waals surface area contributed by atoms with Crippen LogP contribution < -0.4 is 15.5 Å². The third-order valence-electron chi connectivity index (χ3n) is 6.14. The molecule has 170 valence electrons. The summed E-state index contributed by atoms with van der Waals surface area (Å²) in [6, 6.07) is 6.71. The smallest absolute Gasteiger partial charge is 0.246 e. The maximum atomic E-state index is 13.1. The highest BCUT2D eigenvalue weighted by Crippen LogP contribution is 2.24. The highest BCUT2D eigenvalue weighted by Gasteiger charge is 2.36. The summed E-state index contributed by atoms with van der Waals surface area (Å²) in [4.78, 5) is 42.3. The Morgan fingerprint density at radius 1 is 1.06 bits per heavy atom. The lowest BCUT2D eigenvalue weighted by Gasteiger charge is -2.31. The van der Waals surface area contributed by atoms with Gasteiger partial charge in [0.2, 0.25) is 17.7 Å². The second kappa shape index (κ2) is 10.6. The van der Waals surface area contributed by atoms with Crippen LogP contribution in [-0.4, -0.2) is 54.3 Å². The number of carbonyl (C=O) groups excluding carboxylic acids is 3. The van der Waals surface area contributed by atoms with Gasteiger partial charge in [-0.1, -0.05) is 33.3 Å². The van der Waals surface area contributed by atoms with Crippen LogP contribution in [0.15, 0.2) is 24.3 Å². The molecule has 3 rings (SSSR count). The molecule has 2 unspecified atom stereocenters. The minimum Gasteiger partial charge on any atom is -0.371 e. The molecule has 7 heteroatoms. The Morgan fingerprint density at radius 2 is 1.81 bits per heavy atom. The number of carbonyl (C=O) groups is 3. The van der Waals surface area contributed by atoms with E-state index in [1.54, 1.807) is 4.90 Å². The zero-order chi connectivity index (χ0) is 22.4. The summed E-state index contributed by atoms with van der Waals surface area (Å²) in [5.41, 5.74) is 1.85. The molecule has 0 radical (unpaired) electrons. The summed E-state index contributed by atoms with van der Waals surface area (Å²) < 4.78 is 0. The topological polar surface area (TPSA) is 81.8 Å². The SMILES string of the molecule is CCCC(NC(=O)C(C(C)C)N1CCCC1=O)C(=O)Nc1cccc(N2CCCC2)c1. The van der Waals surface area contributed by atoms with E-state index < -0.39 is 12.1 Å². The molecular formula is C24H36N4O3. The van der Waals surface area contributed by atoms with Crippen molar-refractivity contribution in [3.05, 3.63) is 24.3 Å². The lowest BCUT2D eigenvalue weighted by atomic mass is 10.0. The number of hydrogen-bond acceptors (Lipinski definition) is 4. The summed E-state index contributed by atoms with van der Waals surface area (Å²) in [7, 11) is 0. The van der Waals surface area contributed by atoms with Crippen molar-refractivity contribution in [2.24, 2.45) is 5.92 Å². The van der Waals surface area contributed by atoms with Gasteiger partial charge in [-0.05, 0) is 49.8 Å². The van der Waals surface area contributed by atoms with E-state index in [2.05, 4.69) is 21.6 Å². The molecule has 1 aromatic carbocycles. The number of hydrogen-bond donors (Lipinski definition) is 2. The minimum atomic E-state index is -0.633. The Kier molecular flexibility index (Phi) is 7.93. The van der Waals surface area contributed by atoms with Crippen molar-refractivity contribution in [2.75, 3.05) is 29.9 Å². The summed E-state index contributed by atoms with van der Waals surface area (Å²) >= 11 is 0. The molecule has 2 aliphatic heterocycles. The molecule has 0 saturated carbocycles. The van der Waals surface area contributed by atoms with Crippen LogP contribution in [0.3, 0.4) is 0 Å². The maximum absolute atomic E-state index is 13.1.